The van der Waals surface area contributed by atoms with Gasteiger partial charge in [0.25, 0.3) is 0 Å². The number of tetrazole rings is 1. The summed E-state index contributed by atoms with van der Waals surface area (Å²) in [6.07, 6.45) is 0. The molecule has 0 aliphatic rings. The van der Waals surface area contributed by atoms with E-state index in [0.29, 0.717) is 11.8 Å². The predicted molar refractivity (Wildman–Crippen MR) is 84.5 cm³/mol. The van der Waals surface area contributed by atoms with Gasteiger partial charge < -0.3 is 5.32 Å². The molecule has 0 amide bonds. The van der Waals surface area contributed by atoms with Crippen LogP contribution >= 0.6 is 0 Å². The van der Waals surface area contributed by atoms with Crippen molar-refractivity contribution in [2.45, 2.75) is 46.6 Å². The lowest BCUT2D eigenvalue weighted by Crippen LogP contribution is -2.25. The van der Waals surface area contributed by atoms with E-state index in [4.69, 9.17) is 0 Å². The molecule has 0 fully saturated rings. The Morgan fingerprint density at radius 1 is 1.05 bits per heavy atom. The molecule has 1 aromatic heterocycles. The number of hydrogen-bond acceptors (Lipinski definition) is 4. The Labute approximate surface area is 126 Å². The van der Waals surface area contributed by atoms with Gasteiger partial charge in [-0.3, -0.25) is 0 Å². The van der Waals surface area contributed by atoms with E-state index in [2.05, 4.69) is 79.7 Å². The van der Waals surface area contributed by atoms with E-state index in [1.165, 1.54) is 5.56 Å². The summed E-state index contributed by atoms with van der Waals surface area (Å²) in [5.74, 6) is 1.97. The molecule has 1 atom stereocenters. The van der Waals surface area contributed by atoms with Crippen molar-refractivity contribution >= 4 is 0 Å². The summed E-state index contributed by atoms with van der Waals surface area (Å²) < 4.78 is 1.81. The first-order valence-electron chi connectivity index (χ1n) is 7.61. The number of nitrogens with zero attached hydrogens (tertiary/aromatic N) is 4. The van der Waals surface area contributed by atoms with E-state index >= 15 is 0 Å². The molecular weight excluding hydrogens is 262 g/mol. The van der Waals surface area contributed by atoms with E-state index in [1.807, 2.05) is 4.68 Å². The molecule has 2 aromatic rings. The van der Waals surface area contributed by atoms with Crippen LogP contribution in [0, 0.1) is 5.92 Å². The van der Waals surface area contributed by atoms with Crippen LogP contribution in [-0.4, -0.2) is 26.8 Å². The van der Waals surface area contributed by atoms with Crippen LogP contribution in [0.5, 0.6) is 0 Å². The second-order valence-electron chi connectivity index (χ2n) is 6.22. The minimum absolute atomic E-state index is 0.118. The van der Waals surface area contributed by atoms with Crippen molar-refractivity contribution in [2.75, 3.05) is 6.54 Å². The minimum atomic E-state index is 0.118. The van der Waals surface area contributed by atoms with Gasteiger partial charge in [-0.25, -0.2) is 0 Å². The Balaban J connectivity index is 2.19. The summed E-state index contributed by atoms with van der Waals surface area (Å²) in [6.45, 7) is 11.8. The van der Waals surface area contributed by atoms with Crippen LogP contribution in [0.15, 0.2) is 24.3 Å². The topological polar surface area (TPSA) is 55.6 Å². The van der Waals surface area contributed by atoms with Gasteiger partial charge >= 0.3 is 0 Å². The van der Waals surface area contributed by atoms with Gasteiger partial charge in [-0.1, -0.05) is 39.8 Å². The quantitative estimate of drug-likeness (QED) is 0.887. The lowest BCUT2D eigenvalue weighted by atomic mass is 10.0. The van der Waals surface area contributed by atoms with Crippen molar-refractivity contribution in [2.24, 2.45) is 5.92 Å². The summed E-state index contributed by atoms with van der Waals surface area (Å²) in [6, 6.07) is 8.54. The van der Waals surface area contributed by atoms with Crippen LogP contribution in [0.3, 0.4) is 0 Å². The second-order valence-corrected chi connectivity index (χ2v) is 6.22. The maximum Gasteiger partial charge on any atom is 0.173 e. The Morgan fingerprint density at radius 3 is 2.29 bits per heavy atom. The highest BCUT2D eigenvalue weighted by Gasteiger charge is 2.15. The Kier molecular flexibility index (Phi) is 5.07. The van der Waals surface area contributed by atoms with Crippen molar-refractivity contribution < 1.29 is 0 Å². The van der Waals surface area contributed by atoms with Crippen LogP contribution in [0.1, 0.15) is 58.0 Å². The van der Waals surface area contributed by atoms with Crippen molar-refractivity contribution in [1.29, 1.82) is 0 Å². The van der Waals surface area contributed by atoms with Crippen LogP contribution in [0.4, 0.5) is 0 Å². The fraction of sp³-hybridized carbons (Fsp3) is 0.562. The molecule has 114 valence electrons. The van der Waals surface area contributed by atoms with Crippen molar-refractivity contribution in [3.05, 3.63) is 35.7 Å². The normalized spacial score (nSPS) is 13.1. The highest BCUT2D eigenvalue weighted by Crippen LogP contribution is 2.18. The summed E-state index contributed by atoms with van der Waals surface area (Å²) in [5.41, 5.74) is 2.32. The van der Waals surface area contributed by atoms with Gasteiger partial charge in [0.15, 0.2) is 5.82 Å². The Morgan fingerprint density at radius 2 is 1.71 bits per heavy atom. The van der Waals surface area contributed by atoms with E-state index in [9.17, 15) is 0 Å². The largest absolute Gasteiger partial charge is 0.307 e. The van der Waals surface area contributed by atoms with Crippen molar-refractivity contribution in [1.82, 2.24) is 25.5 Å². The average Bonchev–Trinajstić information content (AvgIpc) is 2.94. The van der Waals surface area contributed by atoms with Crippen molar-refractivity contribution in [3.8, 4) is 5.69 Å². The Bertz CT molecular complexity index is 556. The molecule has 1 heterocycles. The highest BCUT2D eigenvalue weighted by molar-refractivity contribution is 5.35. The van der Waals surface area contributed by atoms with Crippen LogP contribution in [0.25, 0.3) is 5.69 Å². The molecular formula is C16H25N5. The third-order valence-corrected chi connectivity index (χ3v) is 3.52. The maximum atomic E-state index is 4.17. The lowest BCUT2D eigenvalue weighted by molar-refractivity contribution is 0.475. The molecule has 5 heteroatoms. The lowest BCUT2D eigenvalue weighted by Gasteiger charge is -2.15. The monoisotopic (exact) mass is 287 g/mol. The van der Waals surface area contributed by atoms with Gasteiger partial charge in [0, 0.05) is 0 Å². The summed E-state index contributed by atoms with van der Waals surface area (Å²) in [5, 5.41) is 15.6. The zero-order chi connectivity index (χ0) is 15.4. The van der Waals surface area contributed by atoms with Crippen LogP contribution in [-0.2, 0) is 0 Å². The molecule has 1 unspecified atom stereocenters. The van der Waals surface area contributed by atoms with Gasteiger partial charge in [-0.15, -0.1) is 5.10 Å². The van der Waals surface area contributed by atoms with Gasteiger partial charge in [0.1, 0.15) is 0 Å². The summed E-state index contributed by atoms with van der Waals surface area (Å²) >= 11 is 0. The molecule has 0 bridgehead atoms. The fourth-order valence-electron chi connectivity index (χ4n) is 2.15. The molecule has 0 saturated carbocycles. The number of rotatable bonds is 6. The molecule has 0 aliphatic carbocycles. The minimum Gasteiger partial charge on any atom is -0.307 e. The first kappa shape index (κ1) is 15.6. The average molecular weight is 287 g/mol. The molecule has 0 aliphatic heterocycles. The van der Waals surface area contributed by atoms with E-state index in [-0.39, 0.29) is 6.04 Å². The van der Waals surface area contributed by atoms with E-state index < -0.39 is 0 Å². The Hall–Kier alpha value is -1.75. The molecule has 1 N–H and O–H groups in total. The molecule has 2 rings (SSSR count). The van der Waals surface area contributed by atoms with Gasteiger partial charge in [0.05, 0.1) is 11.7 Å². The second kappa shape index (κ2) is 6.80. The van der Waals surface area contributed by atoms with Crippen molar-refractivity contribution in [3.63, 3.8) is 0 Å². The van der Waals surface area contributed by atoms with Crippen LogP contribution < -0.4 is 5.32 Å². The first-order valence-corrected chi connectivity index (χ1v) is 7.61. The van der Waals surface area contributed by atoms with Gasteiger partial charge in [-0.05, 0) is 53.4 Å². The SMILES string of the molecule is CC(C)CNC(C)c1nnnn1-c1ccc(C(C)C)cc1. The maximum absolute atomic E-state index is 4.17. The molecule has 0 saturated heterocycles. The number of aromatic nitrogens is 4. The molecule has 0 spiro atoms. The molecule has 5 nitrogen and oxygen atoms in total. The molecule has 1 aromatic carbocycles. The first-order chi connectivity index (χ1) is 9.99. The smallest absolute Gasteiger partial charge is 0.173 e. The standard InChI is InChI=1S/C16H25N5/c1-11(2)10-17-13(5)16-18-19-20-21(16)15-8-6-14(7-9-15)12(3)4/h6-9,11-13,17H,10H2,1-5H3. The zero-order valence-electron chi connectivity index (χ0n) is 13.5. The van der Waals surface area contributed by atoms with Gasteiger partial charge in [0.2, 0.25) is 0 Å². The van der Waals surface area contributed by atoms with E-state index in [1.54, 1.807) is 0 Å². The summed E-state index contributed by atoms with van der Waals surface area (Å²) in [7, 11) is 0. The fourth-order valence-corrected chi connectivity index (χ4v) is 2.15. The predicted octanol–water partition coefficient (Wildman–Crippen LogP) is 3.09. The van der Waals surface area contributed by atoms with Crippen LogP contribution in [0.2, 0.25) is 0 Å². The van der Waals surface area contributed by atoms with E-state index in [0.717, 1.165) is 18.1 Å². The highest BCUT2D eigenvalue weighted by atomic mass is 15.5. The number of nitrogens with one attached hydrogen (secondary N) is 1. The number of hydrogen-bond donors (Lipinski definition) is 1. The molecule has 21 heavy (non-hydrogen) atoms. The van der Waals surface area contributed by atoms with Gasteiger partial charge in [-0.2, -0.15) is 4.68 Å². The third kappa shape index (κ3) is 3.88. The zero-order valence-corrected chi connectivity index (χ0v) is 13.5. The number of benzene rings is 1. The molecule has 0 radical (unpaired) electrons. The summed E-state index contributed by atoms with van der Waals surface area (Å²) in [4.78, 5) is 0. The third-order valence-electron chi connectivity index (χ3n) is 3.52.